The molecule has 0 amide bonds. The molecule has 5 heteroatoms. The lowest BCUT2D eigenvalue weighted by Gasteiger charge is -2.12. The van der Waals surface area contributed by atoms with Crippen LogP contribution in [0.2, 0.25) is 0 Å². The minimum Gasteiger partial charge on any atom is -0.478 e. The third kappa shape index (κ3) is 3.25. The van der Waals surface area contributed by atoms with Crippen molar-refractivity contribution in [3.63, 3.8) is 0 Å². The van der Waals surface area contributed by atoms with Gasteiger partial charge in [-0.25, -0.2) is 9.59 Å². The molecule has 0 saturated carbocycles. The van der Waals surface area contributed by atoms with E-state index in [1.54, 1.807) is 24.3 Å². The fraction of sp³-hybridized carbons (Fsp3) is 0.0435. The highest BCUT2D eigenvalue weighted by Crippen LogP contribution is 2.26. The second kappa shape index (κ2) is 7.04. The number of carbonyl (C=O) groups is 2. The third-order valence-corrected chi connectivity index (χ3v) is 4.82. The number of hydrogen-bond acceptors (Lipinski definition) is 2. The summed E-state index contributed by atoms with van der Waals surface area (Å²) in [4.78, 5) is 22.2. The van der Waals surface area contributed by atoms with Gasteiger partial charge in [-0.2, -0.15) is 0 Å². The normalized spacial score (nSPS) is 10.9. The molecule has 0 fully saturated rings. The first kappa shape index (κ1) is 17.5. The average Bonchev–Trinajstić information content (AvgIpc) is 3.10. The van der Waals surface area contributed by atoms with Crippen LogP contribution in [0.15, 0.2) is 79.0 Å². The Morgan fingerprint density at radius 2 is 1.46 bits per heavy atom. The molecule has 28 heavy (non-hydrogen) atoms. The molecule has 0 saturated heterocycles. The van der Waals surface area contributed by atoms with Crippen molar-refractivity contribution in [3.05, 3.63) is 95.7 Å². The summed E-state index contributed by atoms with van der Waals surface area (Å²) in [5.41, 5.74) is 4.55. The van der Waals surface area contributed by atoms with Crippen molar-refractivity contribution in [1.29, 1.82) is 0 Å². The molecule has 3 aromatic carbocycles. The van der Waals surface area contributed by atoms with E-state index in [2.05, 4.69) is 4.57 Å². The minimum absolute atomic E-state index is 0.256. The molecule has 4 rings (SSSR count). The highest BCUT2D eigenvalue weighted by atomic mass is 16.4. The number of hydrogen-bond donors (Lipinski definition) is 2. The van der Waals surface area contributed by atoms with E-state index in [1.807, 2.05) is 54.7 Å². The van der Waals surface area contributed by atoms with Crippen LogP contribution < -0.4 is 0 Å². The Morgan fingerprint density at radius 3 is 2.18 bits per heavy atom. The molecule has 1 heterocycles. The summed E-state index contributed by atoms with van der Waals surface area (Å²) >= 11 is 0. The summed E-state index contributed by atoms with van der Waals surface area (Å²) in [5.74, 6) is -1.89. The number of nitrogens with zero attached hydrogens (tertiary/aromatic N) is 1. The Hall–Kier alpha value is -3.86. The van der Waals surface area contributed by atoms with Gasteiger partial charge in [0.15, 0.2) is 0 Å². The van der Waals surface area contributed by atoms with Crippen molar-refractivity contribution in [1.82, 2.24) is 4.57 Å². The Morgan fingerprint density at radius 1 is 0.786 bits per heavy atom. The van der Waals surface area contributed by atoms with Gasteiger partial charge in [-0.3, -0.25) is 0 Å². The van der Waals surface area contributed by atoms with Crippen LogP contribution in [0, 0.1) is 0 Å². The van der Waals surface area contributed by atoms with Crippen LogP contribution in [-0.4, -0.2) is 26.7 Å². The number of aromatic carboxylic acids is 2. The number of rotatable bonds is 5. The molecule has 0 radical (unpaired) electrons. The molecular formula is C23H17NO4. The van der Waals surface area contributed by atoms with E-state index >= 15 is 0 Å². The fourth-order valence-corrected chi connectivity index (χ4v) is 3.39. The van der Waals surface area contributed by atoms with Gasteiger partial charge < -0.3 is 14.8 Å². The first-order valence-corrected chi connectivity index (χ1v) is 8.77. The maximum Gasteiger partial charge on any atom is 0.335 e. The van der Waals surface area contributed by atoms with Crippen LogP contribution in [0.4, 0.5) is 0 Å². The first-order chi connectivity index (χ1) is 13.5. The van der Waals surface area contributed by atoms with Crippen molar-refractivity contribution in [2.45, 2.75) is 6.54 Å². The average molecular weight is 371 g/mol. The maximum absolute atomic E-state index is 11.2. The van der Waals surface area contributed by atoms with E-state index in [4.69, 9.17) is 10.2 Å². The molecule has 0 aliphatic rings. The summed E-state index contributed by atoms with van der Waals surface area (Å²) in [6.07, 6.45) is 1.95. The lowest BCUT2D eigenvalue weighted by atomic mass is 9.98. The van der Waals surface area contributed by atoms with Gasteiger partial charge in [0.1, 0.15) is 0 Å². The zero-order valence-corrected chi connectivity index (χ0v) is 14.9. The lowest BCUT2D eigenvalue weighted by molar-refractivity contribution is 0.0686. The highest BCUT2D eigenvalue weighted by Gasteiger charge is 2.10. The zero-order chi connectivity index (χ0) is 19.7. The third-order valence-electron chi connectivity index (χ3n) is 4.82. The largest absolute Gasteiger partial charge is 0.478 e. The lowest BCUT2D eigenvalue weighted by Crippen LogP contribution is -2.01. The maximum atomic E-state index is 11.2. The summed E-state index contributed by atoms with van der Waals surface area (Å²) < 4.78 is 2.07. The predicted octanol–water partition coefficient (Wildman–Crippen LogP) is 4.75. The smallest absolute Gasteiger partial charge is 0.335 e. The van der Waals surface area contributed by atoms with Gasteiger partial charge in [0.25, 0.3) is 0 Å². The van der Waals surface area contributed by atoms with Crippen LogP contribution in [0.5, 0.6) is 0 Å². The van der Waals surface area contributed by atoms with Gasteiger partial charge in [0, 0.05) is 23.6 Å². The number of carboxylic acids is 2. The van der Waals surface area contributed by atoms with E-state index in [-0.39, 0.29) is 11.1 Å². The number of fused-ring (bicyclic) bond motifs is 1. The summed E-state index contributed by atoms with van der Waals surface area (Å²) in [5, 5.41) is 19.1. The first-order valence-electron chi connectivity index (χ1n) is 8.77. The van der Waals surface area contributed by atoms with Gasteiger partial charge >= 0.3 is 11.9 Å². The number of carboxylic acid groups (broad SMARTS) is 2. The molecule has 2 N–H and O–H groups in total. The monoisotopic (exact) mass is 371 g/mol. The van der Waals surface area contributed by atoms with Crippen LogP contribution in [0.25, 0.3) is 22.0 Å². The Balaban J connectivity index is 1.70. The Kier molecular flexibility index (Phi) is 4.41. The van der Waals surface area contributed by atoms with E-state index in [0.717, 1.165) is 27.6 Å². The quantitative estimate of drug-likeness (QED) is 0.530. The van der Waals surface area contributed by atoms with Crippen LogP contribution >= 0.6 is 0 Å². The molecule has 4 aromatic rings. The molecule has 0 aliphatic heterocycles. The van der Waals surface area contributed by atoms with Gasteiger partial charge in [-0.05, 0) is 53.1 Å². The van der Waals surface area contributed by atoms with Gasteiger partial charge in [-0.15, -0.1) is 0 Å². The van der Waals surface area contributed by atoms with Crippen molar-refractivity contribution in [2.24, 2.45) is 0 Å². The Labute approximate surface area is 161 Å². The topological polar surface area (TPSA) is 79.5 Å². The van der Waals surface area contributed by atoms with Gasteiger partial charge in [0.2, 0.25) is 0 Å². The Bertz CT molecular complexity index is 1190. The van der Waals surface area contributed by atoms with Crippen LogP contribution in [-0.2, 0) is 6.54 Å². The summed E-state index contributed by atoms with van der Waals surface area (Å²) in [7, 11) is 0. The summed E-state index contributed by atoms with van der Waals surface area (Å²) in [6.45, 7) is 0.618. The summed E-state index contributed by atoms with van der Waals surface area (Å²) in [6, 6.07) is 21.8. The SMILES string of the molecule is O=C(O)c1ccc(-c2ccccc2Cn2ccc3cc(C(=O)O)ccc32)cc1. The minimum atomic E-state index is -0.945. The molecule has 0 bridgehead atoms. The standard InChI is InChI=1S/C23H17NO4/c25-22(26)16-7-5-15(6-8-16)20-4-2-1-3-19(20)14-24-12-11-17-13-18(23(27)28)9-10-21(17)24/h1-13H,14H2,(H,25,26)(H,27,28). The molecule has 0 aliphatic carbocycles. The van der Waals surface area contributed by atoms with Gasteiger partial charge in [0.05, 0.1) is 11.1 Å². The van der Waals surface area contributed by atoms with Gasteiger partial charge in [-0.1, -0.05) is 36.4 Å². The van der Waals surface area contributed by atoms with E-state index in [9.17, 15) is 9.59 Å². The van der Waals surface area contributed by atoms with E-state index in [1.165, 1.54) is 0 Å². The second-order valence-corrected chi connectivity index (χ2v) is 6.56. The zero-order valence-electron chi connectivity index (χ0n) is 14.9. The molecule has 138 valence electrons. The van der Waals surface area contributed by atoms with Crippen molar-refractivity contribution in [3.8, 4) is 11.1 Å². The molecule has 0 atom stereocenters. The number of aromatic nitrogens is 1. The van der Waals surface area contributed by atoms with E-state index in [0.29, 0.717) is 6.54 Å². The predicted molar refractivity (Wildman–Crippen MR) is 107 cm³/mol. The molecule has 0 spiro atoms. The van der Waals surface area contributed by atoms with E-state index < -0.39 is 11.9 Å². The van der Waals surface area contributed by atoms with Crippen molar-refractivity contribution < 1.29 is 19.8 Å². The van der Waals surface area contributed by atoms with Crippen LogP contribution in [0.1, 0.15) is 26.3 Å². The van der Waals surface area contributed by atoms with Crippen LogP contribution in [0.3, 0.4) is 0 Å². The highest BCUT2D eigenvalue weighted by molar-refractivity contribution is 5.93. The van der Waals surface area contributed by atoms with Crippen molar-refractivity contribution >= 4 is 22.8 Å². The second-order valence-electron chi connectivity index (χ2n) is 6.56. The molecule has 5 nitrogen and oxygen atoms in total. The van der Waals surface area contributed by atoms with Crippen molar-refractivity contribution in [2.75, 3.05) is 0 Å². The molecule has 0 unspecified atom stereocenters. The molecular weight excluding hydrogens is 354 g/mol. The molecule has 1 aromatic heterocycles. The number of benzene rings is 3. The fourth-order valence-electron chi connectivity index (χ4n) is 3.39.